The third-order valence-corrected chi connectivity index (χ3v) is 5.43. The lowest BCUT2D eigenvalue weighted by atomic mass is 10.0. The van der Waals surface area contributed by atoms with E-state index >= 15 is 0 Å². The van der Waals surface area contributed by atoms with E-state index in [2.05, 4.69) is 35.7 Å². The number of benzene rings is 1. The van der Waals surface area contributed by atoms with E-state index in [-0.39, 0.29) is 12.0 Å². The Labute approximate surface area is 148 Å². The van der Waals surface area contributed by atoms with E-state index < -0.39 is 0 Å². The Bertz CT molecular complexity index is 612. The van der Waals surface area contributed by atoms with E-state index in [0.717, 1.165) is 38.8 Å². The molecule has 0 unspecified atom stereocenters. The van der Waals surface area contributed by atoms with E-state index in [9.17, 15) is 4.79 Å². The minimum Gasteiger partial charge on any atom is -0.375 e. The van der Waals surface area contributed by atoms with Gasteiger partial charge in [-0.3, -0.25) is 4.79 Å². The van der Waals surface area contributed by atoms with Crippen molar-refractivity contribution in [2.45, 2.75) is 38.2 Å². The highest BCUT2D eigenvalue weighted by Gasteiger charge is 2.23. The van der Waals surface area contributed by atoms with Crippen molar-refractivity contribution in [1.82, 2.24) is 4.90 Å². The maximum Gasteiger partial charge on any atom is 0.223 e. The number of ether oxygens (including phenoxy) is 1. The number of hydrogen-bond donors (Lipinski definition) is 0. The standard InChI is InChI=1S/C20H25NO2S/c22-20(12-11-19-10-5-15-24-19)21-13-14-23-18(16-21)9-4-8-17-6-2-1-3-7-17/h1-3,5-7,10,15,18H,4,8-9,11-14,16H2/t18-/m1/s1. The number of carbonyl (C=O) groups is 1. The molecule has 0 radical (unpaired) electrons. The van der Waals surface area contributed by atoms with Gasteiger partial charge in [-0.05, 0) is 42.7 Å². The Morgan fingerprint density at radius 1 is 1.17 bits per heavy atom. The van der Waals surface area contributed by atoms with Gasteiger partial charge in [-0.1, -0.05) is 36.4 Å². The number of nitrogens with zero attached hydrogens (tertiary/aromatic N) is 1. The summed E-state index contributed by atoms with van der Waals surface area (Å²) in [6.45, 7) is 2.15. The third kappa shape index (κ3) is 5.18. The van der Waals surface area contributed by atoms with Crippen LogP contribution < -0.4 is 0 Å². The van der Waals surface area contributed by atoms with Crippen molar-refractivity contribution < 1.29 is 9.53 Å². The van der Waals surface area contributed by atoms with Crippen LogP contribution in [0.2, 0.25) is 0 Å². The van der Waals surface area contributed by atoms with Crippen LogP contribution in [0.25, 0.3) is 0 Å². The van der Waals surface area contributed by atoms with Crippen molar-refractivity contribution in [3.8, 4) is 0 Å². The number of carbonyl (C=O) groups excluding carboxylic acids is 1. The van der Waals surface area contributed by atoms with Gasteiger partial charge >= 0.3 is 0 Å². The van der Waals surface area contributed by atoms with Crippen molar-refractivity contribution in [3.63, 3.8) is 0 Å². The van der Waals surface area contributed by atoms with Crippen molar-refractivity contribution >= 4 is 17.2 Å². The summed E-state index contributed by atoms with van der Waals surface area (Å²) < 4.78 is 5.85. The van der Waals surface area contributed by atoms with E-state index in [4.69, 9.17) is 4.74 Å². The second-order valence-corrected chi connectivity index (χ2v) is 7.32. The van der Waals surface area contributed by atoms with Crippen molar-refractivity contribution in [1.29, 1.82) is 0 Å². The van der Waals surface area contributed by atoms with Crippen LogP contribution in [-0.4, -0.2) is 36.6 Å². The molecule has 1 saturated heterocycles. The molecule has 1 aromatic carbocycles. The summed E-state index contributed by atoms with van der Waals surface area (Å²) in [5.74, 6) is 0.264. The van der Waals surface area contributed by atoms with Crippen molar-refractivity contribution in [2.75, 3.05) is 19.7 Å². The van der Waals surface area contributed by atoms with Crippen LogP contribution in [0, 0.1) is 0 Å². The first-order chi connectivity index (χ1) is 11.8. The van der Waals surface area contributed by atoms with Crippen LogP contribution in [0.5, 0.6) is 0 Å². The molecule has 2 aromatic rings. The molecule has 1 aliphatic heterocycles. The molecule has 0 bridgehead atoms. The molecule has 0 saturated carbocycles. The summed E-state index contributed by atoms with van der Waals surface area (Å²) in [5, 5.41) is 2.07. The monoisotopic (exact) mass is 343 g/mol. The van der Waals surface area contributed by atoms with E-state index in [1.807, 2.05) is 17.0 Å². The minimum atomic E-state index is 0.188. The van der Waals surface area contributed by atoms with Gasteiger partial charge in [0.15, 0.2) is 0 Å². The molecule has 128 valence electrons. The summed E-state index contributed by atoms with van der Waals surface area (Å²) in [5.41, 5.74) is 1.37. The van der Waals surface area contributed by atoms with Crippen LogP contribution in [0.1, 0.15) is 29.7 Å². The first-order valence-electron chi connectivity index (χ1n) is 8.77. The fraction of sp³-hybridized carbons (Fsp3) is 0.450. The zero-order valence-electron chi connectivity index (χ0n) is 14.0. The Hall–Kier alpha value is -1.65. The van der Waals surface area contributed by atoms with Gasteiger partial charge in [0, 0.05) is 24.4 Å². The van der Waals surface area contributed by atoms with Gasteiger partial charge in [0.1, 0.15) is 0 Å². The topological polar surface area (TPSA) is 29.5 Å². The predicted molar refractivity (Wildman–Crippen MR) is 98.3 cm³/mol. The van der Waals surface area contributed by atoms with E-state index in [0.29, 0.717) is 13.0 Å². The summed E-state index contributed by atoms with van der Waals surface area (Å²) in [6, 6.07) is 14.7. The van der Waals surface area contributed by atoms with Crippen LogP contribution in [0.3, 0.4) is 0 Å². The minimum absolute atomic E-state index is 0.188. The highest BCUT2D eigenvalue weighted by Crippen LogP contribution is 2.16. The zero-order valence-corrected chi connectivity index (χ0v) is 14.8. The molecule has 4 heteroatoms. The van der Waals surface area contributed by atoms with Gasteiger partial charge in [0.25, 0.3) is 0 Å². The average molecular weight is 343 g/mol. The normalized spacial score (nSPS) is 17.8. The number of amides is 1. The molecular weight excluding hydrogens is 318 g/mol. The van der Waals surface area contributed by atoms with Gasteiger partial charge in [0.05, 0.1) is 12.7 Å². The van der Waals surface area contributed by atoms with Crippen LogP contribution in [0.15, 0.2) is 47.8 Å². The largest absolute Gasteiger partial charge is 0.375 e. The number of aryl methyl sites for hydroxylation is 2. The average Bonchev–Trinajstić information content (AvgIpc) is 3.14. The zero-order chi connectivity index (χ0) is 16.6. The van der Waals surface area contributed by atoms with Crippen LogP contribution in [-0.2, 0) is 22.4 Å². The molecule has 1 atom stereocenters. The van der Waals surface area contributed by atoms with Crippen LogP contribution in [0.4, 0.5) is 0 Å². The van der Waals surface area contributed by atoms with E-state index in [1.54, 1.807) is 11.3 Å². The molecule has 0 aliphatic carbocycles. The predicted octanol–water partition coefficient (Wildman–Crippen LogP) is 3.93. The molecule has 1 fully saturated rings. The number of morpholine rings is 1. The Morgan fingerprint density at radius 3 is 2.83 bits per heavy atom. The van der Waals surface area contributed by atoms with Gasteiger partial charge in [-0.15, -0.1) is 11.3 Å². The molecule has 1 amide bonds. The molecule has 3 nitrogen and oxygen atoms in total. The molecule has 1 aromatic heterocycles. The highest BCUT2D eigenvalue weighted by atomic mass is 32.1. The van der Waals surface area contributed by atoms with Gasteiger partial charge in [-0.2, -0.15) is 0 Å². The van der Waals surface area contributed by atoms with Gasteiger partial charge < -0.3 is 9.64 Å². The number of thiophene rings is 1. The molecule has 24 heavy (non-hydrogen) atoms. The molecule has 2 heterocycles. The third-order valence-electron chi connectivity index (χ3n) is 4.49. The lowest BCUT2D eigenvalue weighted by Crippen LogP contribution is -2.45. The lowest BCUT2D eigenvalue weighted by molar-refractivity contribution is -0.139. The molecule has 0 spiro atoms. The summed E-state index contributed by atoms with van der Waals surface area (Å²) >= 11 is 1.73. The summed E-state index contributed by atoms with van der Waals surface area (Å²) in [4.78, 5) is 15.7. The SMILES string of the molecule is O=C(CCc1cccs1)N1CCO[C@H](CCCc2ccccc2)C1. The number of hydrogen-bond acceptors (Lipinski definition) is 3. The molecular formula is C20H25NO2S. The fourth-order valence-corrected chi connectivity index (χ4v) is 3.85. The quantitative estimate of drug-likeness (QED) is 0.762. The maximum absolute atomic E-state index is 12.4. The fourth-order valence-electron chi connectivity index (χ4n) is 3.14. The lowest BCUT2D eigenvalue weighted by Gasteiger charge is -2.33. The molecule has 1 aliphatic rings. The first-order valence-corrected chi connectivity index (χ1v) is 9.65. The van der Waals surface area contributed by atoms with Crippen LogP contribution >= 0.6 is 11.3 Å². The Balaban J connectivity index is 1.39. The van der Waals surface area contributed by atoms with Gasteiger partial charge in [0.2, 0.25) is 5.91 Å². The maximum atomic E-state index is 12.4. The Morgan fingerprint density at radius 2 is 2.04 bits per heavy atom. The second kappa shape index (κ2) is 9.00. The molecule has 0 N–H and O–H groups in total. The highest BCUT2D eigenvalue weighted by molar-refractivity contribution is 7.09. The van der Waals surface area contributed by atoms with Crippen molar-refractivity contribution in [2.24, 2.45) is 0 Å². The number of rotatable bonds is 7. The second-order valence-electron chi connectivity index (χ2n) is 6.29. The van der Waals surface area contributed by atoms with Gasteiger partial charge in [-0.25, -0.2) is 0 Å². The van der Waals surface area contributed by atoms with E-state index in [1.165, 1.54) is 10.4 Å². The first kappa shape index (κ1) is 17.2. The summed E-state index contributed by atoms with van der Waals surface area (Å²) in [6.07, 6.45) is 4.85. The smallest absolute Gasteiger partial charge is 0.223 e. The Kier molecular flexibility index (Phi) is 6.44. The molecule has 3 rings (SSSR count). The summed E-state index contributed by atoms with van der Waals surface area (Å²) in [7, 11) is 0. The van der Waals surface area contributed by atoms with Crippen molar-refractivity contribution in [3.05, 3.63) is 58.3 Å².